The molecule has 12 N–H and O–H groups in total. The quantitative estimate of drug-likeness (QED) is 0.125. The Balaban J connectivity index is -0.000000458. The van der Waals surface area contributed by atoms with Crippen molar-refractivity contribution in [1.29, 1.82) is 0 Å². The van der Waals surface area contributed by atoms with Gasteiger partial charge in [-0.15, -0.1) is 0 Å². The minimum absolute atomic E-state index is 0. The molecule has 0 saturated carbocycles. The van der Waals surface area contributed by atoms with Crippen LogP contribution < -0.4 is 47.7 Å². The number of nitrogens with two attached hydrogens (primary N) is 4. The molecule has 0 aromatic heterocycles. The molecule has 4 rings (SSSR count). The summed E-state index contributed by atoms with van der Waals surface area (Å²) in [5, 5.41) is 35.2. The van der Waals surface area contributed by atoms with Crippen molar-refractivity contribution in [3.8, 4) is 0 Å². The van der Waals surface area contributed by atoms with Crippen molar-refractivity contribution in [1.82, 2.24) is 0 Å². The van der Waals surface area contributed by atoms with Gasteiger partial charge in [0.25, 0.3) is 0 Å². The van der Waals surface area contributed by atoms with E-state index < -0.39 is 47.5 Å². The molecule has 4 fully saturated rings. The van der Waals surface area contributed by atoms with E-state index in [1.165, 1.54) is 0 Å². The first-order valence-corrected chi connectivity index (χ1v) is 11.1. The van der Waals surface area contributed by atoms with Crippen LogP contribution in [0.1, 0.15) is 25.7 Å². The molecule has 8 unspecified atom stereocenters. The fourth-order valence-corrected chi connectivity index (χ4v) is 4.61. The third-order valence-corrected chi connectivity index (χ3v) is 6.02. The summed E-state index contributed by atoms with van der Waals surface area (Å²) in [5.74, 6) is -7.63. The summed E-state index contributed by atoms with van der Waals surface area (Å²) >= 11 is 0. The second-order valence-corrected chi connectivity index (χ2v) is 8.19. The largest absolute Gasteiger partial charge is 4.00 e. The van der Waals surface area contributed by atoms with Gasteiger partial charge in [-0.05, 0) is 25.7 Å². The van der Waals surface area contributed by atoms with Crippen LogP contribution in [0.2, 0.25) is 0 Å². The molecule has 0 spiro atoms. The standard InChI is InChI=1S/2C8H10O5.2C2H8N2.2ClH.Pt/c2*9-7(10)5-3-1-2-4(13-3)6(5)8(11)12;2*3-1-2-4;;;/h2*3-6H,1-2H2,(H,9,10)(H,11,12);2*1-4H2;2*1H;/q;;;;;;+4/p-2. The fraction of sp³-hybridized carbons (Fsp3) is 0.800. The minimum Gasteiger partial charge on any atom is -1.00 e. The molecule has 4 bridgehead atoms. The number of carboxylic acid groups (broad SMARTS) is 4. The van der Waals surface area contributed by atoms with E-state index in [-0.39, 0.29) is 70.3 Å². The number of hydrogen-bond acceptors (Lipinski definition) is 10. The van der Waals surface area contributed by atoms with E-state index in [0.717, 1.165) is 0 Å². The van der Waals surface area contributed by atoms with Crippen LogP contribution in [0.25, 0.3) is 0 Å². The maximum Gasteiger partial charge on any atom is 4.00 e. The second kappa shape index (κ2) is 19.9. The third-order valence-electron chi connectivity index (χ3n) is 6.02. The zero-order valence-corrected chi connectivity index (χ0v) is 23.7. The SMILES string of the molecule is NCCN.NCCN.O=C(O)C1C2CCC(O2)C1C(=O)O.O=C(O)C1C2CCC(O2)C1C(=O)O.[Cl-].[Cl-].[Pt+4]. The zero-order valence-electron chi connectivity index (χ0n) is 19.9. The van der Waals surface area contributed by atoms with Crippen LogP contribution in [0, 0.1) is 23.7 Å². The van der Waals surface area contributed by atoms with Crippen LogP contribution in [0.3, 0.4) is 0 Å². The van der Waals surface area contributed by atoms with Crippen LogP contribution in [-0.4, -0.2) is 94.9 Å². The van der Waals surface area contributed by atoms with E-state index in [2.05, 4.69) is 0 Å². The predicted molar refractivity (Wildman–Crippen MR) is 117 cm³/mol. The average molecular weight is 759 g/mol. The molecule has 218 valence electrons. The predicted octanol–water partition coefficient (Wildman–Crippen LogP) is -8.29. The van der Waals surface area contributed by atoms with Crippen molar-refractivity contribution in [2.45, 2.75) is 50.1 Å². The Morgan fingerprint density at radius 2 is 0.676 bits per heavy atom. The van der Waals surface area contributed by atoms with Gasteiger partial charge < -0.3 is 77.6 Å². The molecule has 0 aliphatic carbocycles. The van der Waals surface area contributed by atoms with Gasteiger partial charge in [-0.2, -0.15) is 0 Å². The third kappa shape index (κ3) is 10.9. The number of ether oxygens (including phenoxy) is 2. The molecule has 0 amide bonds. The summed E-state index contributed by atoms with van der Waals surface area (Å²) in [5.41, 5.74) is 19.6. The molecule has 17 heteroatoms. The summed E-state index contributed by atoms with van der Waals surface area (Å²) < 4.78 is 10.5. The number of halogens is 2. The number of aliphatic carboxylic acids is 4. The monoisotopic (exact) mass is 757 g/mol. The van der Waals surface area contributed by atoms with Crippen LogP contribution >= 0.6 is 0 Å². The second-order valence-electron chi connectivity index (χ2n) is 8.19. The van der Waals surface area contributed by atoms with Crippen molar-refractivity contribution in [2.24, 2.45) is 46.6 Å². The van der Waals surface area contributed by atoms with Crippen molar-refractivity contribution >= 4 is 23.9 Å². The Hall–Kier alpha value is -1.09. The molecule has 37 heavy (non-hydrogen) atoms. The van der Waals surface area contributed by atoms with Crippen LogP contribution in [-0.2, 0) is 49.7 Å². The summed E-state index contributed by atoms with van der Waals surface area (Å²) in [7, 11) is 0. The maximum absolute atomic E-state index is 10.8. The van der Waals surface area contributed by atoms with E-state index in [1.807, 2.05) is 0 Å². The molecule has 0 radical (unpaired) electrons. The Bertz CT molecular complexity index is 613. The molecule has 4 saturated heterocycles. The normalized spacial score (nSPS) is 31.2. The van der Waals surface area contributed by atoms with Crippen LogP contribution in [0.15, 0.2) is 0 Å². The van der Waals surface area contributed by atoms with E-state index >= 15 is 0 Å². The number of hydrogen-bond donors (Lipinski definition) is 8. The molecule has 0 aromatic rings. The van der Waals surface area contributed by atoms with Crippen LogP contribution in [0.4, 0.5) is 0 Å². The molecule has 4 aliphatic heterocycles. The maximum atomic E-state index is 10.8. The summed E-state index contributed by atoms with van der Waals surface area (Å²) in [4.78, 5) is 43.1. The van der Waals surface area contributed by atoms with Gasteiger partial charge in [-0.1, -0.05) is 0 Å². The van der Waals surface area contributed by atoms with Gasteiger partial charge in [0, 0.05) is 26.2 Å². The van der Waals surface area contributed by atoms with Gasteiger partial charge in [0.05, 0.1) is 48.1 Å². The van der Waals surface area contributed by atoms with E-state index in [4.69, 9.17) is 52.8 Å². The van der Waals surface area contributed by atoms with Crippen molar-refractivity contribution in [3.05, 3.63) is 0 Å². The van der Waals surface area contributed by atoms with Gasteiger partial charge in [-0.25, -0.2) is 0 Å². The molecule has 14 nitrogen and oxygen atoms in total. The molecular weight excluding hydrogens is 722 g/mol. The van der Waals surface area contributed by atoms with Crippen molar-refractivity contribution < 1.29 is 95.0 Å². The number of fused-ring (bicyclic) bond motifs is 4. The van der Waals surface area contributed by atoms with Gasteiger partial charge in [0.15, 0.2) is 0 Å². The van der Waals surface area contributed by atoms with E-state index in [1.54, 1.807) is 0 Å². The fourth-order valence-electron chi connectivity index (χ4n) is 4.61. The number of rotatable bonds is 6. The number of carboxylic acids is 4. The topological polar surface area (TPSA) is 272 Å². The molecule has 8 atom stereocenters. The van der Waals surface area contributed by atoms with Gasteiger partial charge in [-0.3, -0.25) is 19.2 Å². The van der Waals surface area contributed by atoms with Crippen LogP contribution in [0.5, 0.6) is 0 Å². The minimum atomic E-state index is -1.06. The first kappa shape index (κ1) is 40.4. The first-order chi connectivity index (χ1) is 16.0. The molecular formula is C20H36Cl2N4O10Pt+2. The number of carbonyl (C=O) groups is 4. The Kier molecular flexibility index (Phi) is 21.7. The van der Waals surface area contributed by atoms with E-state index in [9.17, 15) is 19.2 Å². The molecule has 0 aromatic carbocycles. The Labute approximate surface area is 241 Å². The van der Waals surface area contributed by atoms with Gasteiger partial charge >= 0.3 is 44.9 Å². The summed E-state index contributed by atoms with van der Waals surface area (Å²) in [6.07, 6.45) is 1.15. The summed E-state index contributed by atoms with van der Waals surface area (Å²) in [6, 6.07) is 0. The van der Waals surface area contributed by atoms with Gasteiger partial charge in [0.2, 0.25) is 0 Å². The summed E-state index contributed by atoms with van der Waals surface area (Å²) in [6.45, 7) is 2.39. The first-order valence-electron chi connectivity index (χ1n) is 11.1. The Morgan fingerprint density at radius 3 is 0.784 bits per heavy atom. The van der Waals surface area contributed by atoms with E-state index in [0.29, 0.717) is 51.9 Å². The van der Waals surface area contributed by atoms with Crippen molar-refractivity contribution in [3.63, 3.8) is 0 Å². The molecule has 4 aliphatic rings. The smallest absolute Gasteiger partial charge is 1.00 e. The zero-order chi connectivity index (χ0) is 26.0. The van der Waals surface area contributed by atoms with Gasteiger partial charge in [0.1, 0.15) is 0 Å². The average Bonchev–Trinajstić information content (AvgIpc) is 3.59. The molecule has 4 heterocycles. The Morgan fingerprint density at radius 1 is 0.514 bits per heavy atom. The van der Waals surface area contributed by atoms with Crippen molar-refractivity contribution in [2.75, 3.05) is 26.2 Å².